The fourth-order valence-corrected chi connectivity index (χ4v) is 5.88. The Hall–Kier alpha value is -3.03. The maximum atomic E-state index is 13.3. The number of halogens is 1. The maximum absolute atomic E-state index is 13.3. The van der Waals surface area contributed by atoms with E-state index in [4.69, 9.17) is 11.6 Å². The standard InChI is InChI=1S/C27H30ClN3O3S/c1-18-5-6-19(2)24(15-18)29-35(33,34)26-16-22(9-7-21(26)4)27(32)31-13-11-30(12-14-31)25-17-23(28)10-8-20(25)3/h5-10,15-17,29H,11-14H2,1-4H3. The fraction of sp³-hybridized carbons (Fsp3) is 0.296. The van der Waals surface area contributed by atoms with Gasteiger partial charge in [-0.15, -0.1) is 0 Å². The highest BCUT2D eigenvalue weighted by Crippen LogP contribution is 2.27. The predicted molar refractivity (Wildman–Crippen MR) is 142 cm³/mol. The van der Waals surface area contributed by atoms with E-state index in [1.807, 2.05) is 51.1 Å². The van der Waals surface area contributed by atoms with Crippen LogP contribution in [0.3, 0.4) is 0 Å². The van der Waals surface area contributed by atoms with E-state index in [2.05, 4.69) is 9.62 Å². The minimum Gasteiger partial charge on any atom is -0.368 e. The summed E-state index contributed by atoms with van der Waals surface area (Å²) in [5.41, 5.74) is 5.49. The molecule has 1 heterocycles. The summed E-state index contributed by atoms with van der Waals surface area (Å²) in [5, 5.41) is 0.687. The molecule has 0 bridgehead atoms. The highest BCUT2D eigenvalue weighted by atomic mass is 35.5. The molecule has 0 spiro atoms. The van der Waals surface area contributed by atoms with Crippen molar-refractivity contribution >= 4 is 38.9 Å². The number of nitrogens with one attached hydrogen (secondary N) is 1. The van der Waals surface area contributed by atoms with Crippen LogP contribution in [-0.4, -0.2) is 45.4 Å². The molecule has 3 aromatic rings. The normalized spacial score (nSPS) is 14.2. The molecule has 6 nitrogen and oxygen atoms in total. The Kier molecular flexibility index (Phi) is 7.10. The van der Waals surface area contributed by atoms with Crippen LogP contribution in [0, 0.1) is 27.7 Å². The maximum Gasteiger partial charge on any atom is 0.262 e. The number of amides is 1. The van der Waals surface area contributed by atoms with E-state index < -0.39 is 10.0 Å². The van der Waals surface area contributed by atoms with E-state index in [1.165, 1.54) is 6.07 Å². The van der Waals surface area contributed by atoms with Crippen LogP contribution in [0.15, 0.2) is 59.5 Å². The molecular weight excluding hydrogens is 482 g/mol. The Labute approximate surface area is 212 Å². The summed E-state index contributed by atoms with van der Waals surface area (Å²) < 4.78 is 29.2. The summed E-state index contributed by atoms with van der Waals surface area (Å²) in [7, 11) is -3.87. The number of nitrogens with zero attached hydrogens (tertiary/aromatic N) is 2. The van der Waals surface area contributed by atoms with Gasteiger partial charge in [-0.1, -0.05) is 35.9 Å². The van der Waals surface area contributed by atoms with Crippen molar-refractivity contribution in [3.8, 4) is 0 Å². The quantitative estimate of drug-likeness (QED) is 0.502. The molecule has 0 radical (unpaired) electrons. The molecular formula is C27H30ClN3O3S. The summed E-state index contributed by atoms with van der Waals surface area (Å²) in [6.07, 6.45) is 0. The molecule has 3 aromatic carbocycles. The van der Waals surface area contributed by atoms with Crippen LogP contribution in [0.1, 0.15) is 32.6 Å². The predicted octanol–water partition coefficient (Wildman–Crippen LogP) is 5.34. The number of anilines is 2. The minimum atomic E-state index is -3.87. The van der Waals surface area contributed by atoms with E-state index in [-0.39, 0.29) is 10.8 Å². The number of carbonyl (C=O) groups excluding carboxylic acids is 1. The zero-order chi connectivity index (χ0) is 25.3. The minimum absolute atomic E-state index is 0.109. The van der Waals surface area contributed by atoms with E-state index in [0.29, 0.717) is 48.0 Å². The molecule has 0 aliphatic carbocycles. The van der Waals surface area contributed by atoms with Crippen molar-refractivity contribution in [2.45, 2.75) is 32.6 Å². The number of carbonyl (C=O) groups is 1. The molecule has 0 aromatic heterocycles. The van der Waals surface area contributed by atoms with Crippen LogP contribution in [-0.2, 0) is 10.0 Å². The first-order chi connectivity index (χ1) is 16.5. The van der Waals surface area contributed by atoms with E-state index in [9.17, 15) is 13.2 Å². The molecule has 1 fully saturated rings. The highest BCUT2D eigenvalue weighted by Gasteiger charge is 2.25. The van der Waals surface area contributed by atoms with Gasteiger partial charge in [-0.25, -0.2) is 8.42 Å². The van der Waals surface area contributed by atoms with Gasteiger partial charge >= 0.3 is 0 Å². The fourth-order valence-electron chi connectivity index (χ4n) is 4.32. The van der Waals surface area contributed by atoms with Crippen molar-refractivity contribution in [2.24, 2.45) is 0 Å². The SMILES string of the molecule is Cc1ccc(C)c(NS(=O)(=O)c2cc(C(=O)N3CCN(c4cc(Cl)ccc4C)CC3)ccc2C)c1. The van der Waals surface area contributed by atoms with Crippen molar-refractivity contribution in [2.75, 3.05) is 35.8 Å². The first-order valence-electron chi connectivity index (χ1n) is 11.6. The molecule has 1 aliphatic rings. The lowest BCUT2D eigenvalue weighted by atomic mass is 10.1. The molecule has 1 aliphatic heterocycles. The first kappa shape index (κ1) is 25.1. The van der Waals surface area contributed by atoms with Crippen molar-refractivity contribution in [1.29, 1.82) is 0 Å². The van der Waals surface area contributed by atoms with Crippen molar-refractivity contribution in [1.82, 2.24) is 4.90 Å². The van der Waals surface area contributed by atoms with Gasteiger partial charge in [-0.3, -0.25) is 9.52 Å². The second kappa shape index (κ2) is 9.91. The number of sulfonamides is 1. The highest BCUT2D eigenvalue weighted by molar-refractivity contribution is 7.92. The topological polar surface area (TPSA) is 69.7 Å². The number of rotatable bonds is 5. The summed E-state index contributed by atoms with van der Waals surface area (Å²) in [6.45, 7) is 9.99. The van der Waals surface area contributed by atoms with Crippen LogP contribution in [0.4, 0.5) is 11.4 Å². The average Bonchev–Trinajstić information content (AvgIpc) is 2.82. The molecule has 4 rings (SSSR count). The molecule has 1 N–H and O–H groups in total. The average molecular weight is 512 g/mol. The lowest BCUT2D eigenvalue weighted by molar-refractivity contribution is 0.0746. The second-order valence-electron chi connectivity index (χ2n) is 9.11. The Morgan fingerprint density at radius 1 is 0.829 bits per heavy atom. The smallest absolute Gasteiger partial charge is 0.262 e. The number of hydrogen-bond donors (Lipinski definition) is 1. The van der Waals surface area contributed by atoms with Gasteiger partial charge in [-0.05, 0) is 80.3 Å². The molecule has 1 saturated heterocycles. The third-order valence-corrected chi connectivity index (χ3v) is 8.18. The van der Waals surface area contributed by atoms with Crippen molar-refractivity contribution in [3.63, 3.8) is 0 Å². The molecule has 1 amide bonds. The second-order valence-corrected chi connectivity index (χ2v) is 11.2. The van der Waals surface area contributed by atoms with Crippen LogP contribution in [0.2, 0.25) is 5.02 Å². The molecule has 35 heavy (non-hydrogen) atoms. The van der Waals surface area contributed by atoms with E-state index in [0.717, 1.165) is 22.4 Å². The monoisotopic (exact) mass is 511 g/mol. The summed E-state index contributed by atoms with van der Waals surface area (Å²) in [4.78, 5) is 17.4. The lowest BCUT2D eigenvalue weighted by Gasteiger charge is -2.37. The van der Waals surface area contributed by atoms with Crippen LogP contribution in [0.5, 0.6) is 0 Å². The molecule has 8 heteroatoms. The summed E-state index contributed by atoms with van der Waals surface area (Å²) in [6, 6.07) is 16.3. The van der Waals surface area contributed by atoms with Crippen molar-refractivity contribution in [3.05, 3.63) is 87.4 Å². The van der Waals surface area contributed by atoms with Gasteiger partial charge in [0.25, 0.3) is 15.9 Å². The number of piperazine rings is 1. The molecule has 0 atom stereocenters. The Morgan fingerprint density at radius 3 is 2.20 bits per heavy atom. The van der Waals surface area contributed by atoms with Gasteiger partial charge in [0, 0.05) is 42.5 Å². The lowest BCUT2D eigenvalue weighted by Crippen LogP contribution is -2.49. The third-order valence-electron chi connectivity index (χ3n) is 6.44. The van der Waals surface area contributed by atoms with Gasteiger partial charge in [0.15, 0.2) is 0 Å². The van der Waals surface area contributed by atoms with Gasteiger partial charge in [0.1, 0.15) is 0 Å². The molecule has 184 valence electrons. The summed E-state index contributed by atoms with van der Waals surface area (Å²) in [5.74, 6) is -0.171. The van der Waals surface area contributed by atoms with Crippen LogP contribution < -0.4 is 9.62 Å². The zero-order valence-electron chi connectivity index (χ0n) is 20.4. The number of aryl methyl sites for hydroxylation is 4. The Balaban J connectivity index is 1.52. The van der Waals surface area contributed by atoms with E-state index >= 15 is 0 Å². The van der Waals surface area contributed by atoms with Crippen molar-refractivity contribution < 1.29 is 13.2 Å². The van der Waals surface area contributed by atoms with E-state index in [1.54, 1.807) is 30.0 Å². The van der Waals surface area contributed by atoms with Gasteiger partial charge in [-0.2, -0.15) is 0 Å². The zero-order valence-corrected chi connectivity index (χ0v) is 22.0. The number of hydrogen-bond acceptors (Lipinski definition) is 4. The first-order valence-corrected chi connectivity index (χ1v) is 13.4. The van der Waals surface area contributed by atoms with Crippen LogP contribution in [0.25, 0.3) is 0 Å². The third kappa shape index (κ3) is 5.46. The molecule has 0 unspecified atom stereocenters. The molecule has 0 saturated carbocycles. The van der Waals surface area contributed by atoms with Gasteiger partial charge in [0.05, 0.1) is 10.6 Å². The number of benzene rings is 3. The van der Waals surface area contributed by atoms with Gasteiger partial charge < -0.3 is 9.80 Å². The Bertz CT molecular complexity index is 1380. The van der Waals surface area contributed by atoms with Crippen LogP contribution >= 0.6 is 11.6 Å². The largest absolute Gasteiger partial charge is 0.368 e. The Morgan fingerprint density at radius 2 is 1.49 bits per heavy atom. The summed E-state index contributed by atoms with van der Waals surface area (Å²) >= 11 is 6.18. The van der Waals surface area contributed by atoms with Gasteiger partial charge in [0.2, 0.25) is 0 Å².